The minimum atomic E-state index is 0.348. The highest BCUT2D eigenvalue weighted by Crippen LogP contribution is 2.10. The molecule has 1 aliphatic rings. The van der Waals surface area contributed by atoms with Crippen LogP contribution in [-0.2, 0) is 4.74 Å². The summed E-state index contributed by atoms with van der Waals surface area (Å²) in [4.78, 5) is 2.36. The van der Waals surface area contributed by atoms with Crippen molar-refractivity contribution in [2.75, 3.05) is 26.7 Å². The minimum Gasteiger partial charge on any atom is -0.374 e. The van der Waals surface area contributed by atoms with Gasteiger partial charge in [0, 0.05) is 25.2 Å². The summed E-state index contributed by atoms with van der Waals surface area (Å²) in [5.74, 6) is 0. The fraction of sp³-hybridized carbons (Fsp3) is 1.00. The molecule has 0 radical (unpaired) electrons. The lowest BCUT2D eigenvalue weighted by molar-refractivity contribution is -0.0264. The van der Waals surface area contributed by atoms with Gasteiger partial charge in [-0.1, -0.05) is 0 Å². The predicted octanol–water partition coefficient (Wildman–Crippen LogP) is 0.704. The second-order valence-corrected chi connectivity index (χ2v) is 4.11. The van der Waals surface area contributed by atoms with E-state index in [1.807, 2.05) is 0 Å². The van der Waals surface area contributed by atoms with Gasteiger partial charge in [0.05, 0.1) is 12.7 Å². The average Bonchev–Trinajstić information content (AvgIpc) is 2.17. The highest BCUT2D eigenvalue weighted by Gasteiger charge is 2.24. The van der Waals surface area contributed by atoms with Crippen molar-refractivity contribution in [2.45, 2.75) is 39.0 Å². The van der Waals surface area contributed by atoms with Gasteiger partial charge in [0.1, 0.15) is 0 Å². The Hall–Kier alpha value is -0.120. The van der Waals surface area contributed by atoms with E-state index in [0.717, 1.165) is 19.7 Å². The van der Waals surface area contributed by atoms with Gasteiger partial charge in [-0.05, 0) is 27.8 Å². The van der Waals surface area contributed by atoms with Crippen LogP contribution in [0.25, 0.3) is 0 Å². The molecule has 1 aliphatic heterocycles. The maximum Gasteiger partial charge on any atom is 0.0852 e. The van der Waals surface area contributed by atoms with Crippen LogP contribution in [0, 0.1) is 0 Å². The van der Waals surface area contributed by atoms with Gasteiger partial charge in [0.15, 0.2) is 0 Å². The highest BCUT2D eigenvalue weighted by atomic mass is 16.5. The van der Waals surface area contributed by atoms with E-state index in [0.29, 0.717) is 18.2 Å². The minimum absolute atomic E-state index is 0.348. The molecule has 1 saturated heterocycles. The third-order valence-corrected chi connectivity index (χ3v) is 2.95. The number of ether oxygens (including phenoxy) is 1. The molecule has 0 spiro atoms. The van der Waals surface area contributed by atoms with Crippen LogP contribution in [0.1, 0.15) is 20.8 Å². The lowest BCUT2D eigenvalue weighted by Gasteiger charge is -2.36. The van der Waals surface area contributed by atoms with Crippen molar-refractivity contribution in [3.63, 3.8) is 0 Å². The Morgan fingerprint density at radius 2 is 2.08 bits per heavy atom. The van der Waals surface area contributed by atoms with Crippen LogP contribution in [0.4, 0.5) is 0 Å². The molecule has 1 fully saturated rings. The molecule has 0 aliphatic carbocycles. The molecule has 0 saturated carbocycles. The average molecular weight is 186 g/mol. The second kappa shape index (κ2) is 4.94. The van der Waals surface area contributed by atoms with Gasteiger partial charge >= 0.3 is 0 Å². The van der Waals surface area contributed by atoms with Crippen molar-refractivity contribution < 1.29 is 4.74 Å². The summed E-state index contributed by atoms with van der Waals surface area (Å²) < 4.78 is 5.71. The number of likely N-dealkylation sites (N-methyl/N-ethyl adjacent to an activating group) is 1. The zero-order chi connectivity index (χ0) is 9.84. The first kappa shape index (κ1) is 11.0. The Balaban J connectivity index is 2.40. The molecule has 2 atom stereocenters. The van der Waals surface area contributed by atoms with Crippen LogP contribution in [0.2, 0.25) is 0 Å². The summed E-state index contributed by atoms with van der Waals surface area (Å²) in [6, 6.07) is 1.08. The second-order valence-electron chi connectivity index (χ2n) is 4.11. The first-order valence-electron chi connectivity index (χ1n) is 5.17. The van der Waals surface area contributed by atoms with E-state index in [2.05, 4.69) is 38.0 Å². The number of hydrogen-bond donors (Lipinski definition) is 1. The van der Waals surface area contributed by atoms with E-state index < -0.39 is 0 Å². The molecule has 13 heavy (non-hydrogen) atoms. The molecule has 78 valence electrons. The van der Waals surface area contributed by atoms with Gasteiger partial charge in [0.25, 0.3) is 0 Å². The topological polar surface area (TPSA) is 24.5 Å². The van der Waals surface area contributed by atoms with Crippen LogP contribution in [0.5, 0.6) is 0 Å². The van der Waals surface area contributed by atoms with Gasteiger partial charge in [-0.15, -0.1) is 0 Å². The van der Waals surface area contributed by atoms with Crippen molar-refractivity contribution in [3.05, 3.63) is 0 Å². The third kappa shape index (κ3) is 2.93. The smallest absolute Gasteiger partial charge is 0.0852 e. The fourth-order valence-electron chi connectivity index (χ4n) is 1.63. The first-order valence-corrected chi connectivity index (χ1v) is 5.17. The van der Waals surface area contributed by atoms with Crippen molar-refractivity contribution in [3.8, 4) is 0 Å². The lowest BCUT2D eigenvalue weighted by Crippen LogP contribution is -2.51. The van der Waals surface area contributed by atoms with E-state index in [1.165, 1.54) is 0 Å². The number of hydrogen-bond acceptors (Lipinski definition) is 3. The largest absolute Gasteiger partial charge is 0.374 e. The van der Waals surface area contributed by atoms with Gasteiger partial charge in [-0.3, -0.25) is 4.90 Å². The maximum absolute atomic E-state index is 5.71. The Morgan fingerprint density at radius 3 is 2.54 bits per heavy atom. The zero-order valence-corrected chi connectivity index (χ0v) is 9.21. The molecule has 2 unspecified atom stereocenters. The van der Waals surface area contributed by atoms with Crippen molar-refractivity contribution in [1.29, 1.82) is 0 Å². The molecule has 1 rings (SSSR count). The van der Waals surface area contributed by atoms with E-state index >= 15 is 0 Å². The van der Waals surface area contributed by atoms with E-state index in [-0.39, 0.29) is 0 Å². The van der Waals surface area contributed by atoms with Crippen molar-refractivity contribution in [2.24, 2.45) is 0 Å². The summed E-state index contributed by atoms with van der Waals surface area (Å²) in [6.07, 6.45) is 0.348. The lowest BCUT2D eigenvalue weighted by atomic mass is 10.1. The van der Waals surface area contributed by atoms with Crippen molar-refractivity contribution >= 4 is 0 Å². The molecule has 0 aromatic rings. The SMILES string of the molecule is CC(C)N(C)C(C)C1CNCCO1. The molecule has 3 nitrogen and oxygen atoms in total. The van der Waals surface area contributed by atoms with Crippen LogP contribution >= 0.6 is 0 Å². The molecule has 3 heteroatoms. The van der Waals surface area contributed by atoms with Crippen LogP contribution in [0.3, 0.4) is 0 Å². The van der Waals surface area contributed by atoms with Crippen LogP contribution in [0.15, 0.2) is 0 Å². The zero-order valence-electron chi connectivity index (χ0n) is 9.21. The van der Waals surface area contributed by atoms with Gasteiger partial charge in [-0.25, -0.2) is 0 Å². The summed E-state index contributed by atoms with van der Waals surface area (Å²) in [5.41, 5.74) is 0. The van der Waals surface area contributed by atoms with Crippen LogP contribution in [-0.4, -0.2) is 49.8 Å². The molecule has 0 aromatic heterocycles. The Kier molecular flexibility index (Phi) is 4.16. The maximum atomic E-state index is 5.71. The summed E-state index contributed by atoms with van der Waals surface area (Å²) in [7, 11) is 2.16. The molecular formula is C10H22N2O. The molecule has 0 bridgehead atoms. The van der Waals surface area contributed by atoms with Crippen LogP contribution < -0.4 is 5.32 Å². The Labute approximate surface area is 81.4 Å². The van der Waals surface area contributed by atoms with Crippen molar-refractivity contribution in [1.82, 2.24) is 10.2 Å². The summed E-state index contributed by atoms with van der Waals surface area (Å²) in [6.45, 7) is 9.49. The monoisotopic (exact) mass is 186 g/mol. The van der Waals surface area contributed by atoms with E-state index in [1.54, 1.807) is 0 Å². The normalized spacial score (nSPS) is 26.8. The van der Waals surface area contributed by atoms with Gasteiger partial charge < -0.3 is 10.1 Å². The summed E-state index contributed by atoms with van der Waals surface area (Å²) >= 11 is 0. The van der Waals surface area contributed by atoms with Gasteiger partial charge in [-0.2, -0.15) is 0 Å². The Morgan fingerprint density at radius 1 is 1.38 bits per heavy atom. The standard InChI is InChI=1S/C10H22N2O/c1-8(2)12(4)9(3)10-7-11-5-6-13-10/h8-11H,5-7H2,1-4H3. The first-order chi connectivity index (χ1) is 6.13. The molecule has 0 amide bonds. The predicted molar refractivity (Wildman–Crippen MR) is 55.0 cm³/mol. The van der Waals surface area contributed by atoms with E-state index in [4.69, 9.17) is 4.74 Å². The molecule has 1 heterocycles. The number of nitrogens with zero attached hydrogens (tertiary/aromatic N) is 1. The molecule has 1 N–H and O–H groups in total. The number of nitrogens with one attached hydrogen (secondary N) is 1. The third-order valence-electron chi connectivity index (χ3n) is 2.95. The molecular weight excluding hydrogens is 164 g/mol. The number of rotatable bonds is 3. The number of morpholine rings is 1. The quantitative estimate of drug-likeness (QED) is 0.702. The van der Waals surface area contributed by atoms with Gasteiger partial charge in [0.2, 0.25) is 0 Å². The fourth-order valence-corrected chi connectivity index (χ4v) is 1.63. The summed E-state index contributed by atoms with van der Waals surface area (Å²) in [5, 5.41) is 3.36. The van der Waals surface area contributed by atoms with E-state index in [9.17, 15) is 0 Å². The Bertz CT molecular complexity index is 144. The molecule has 0 aromatic carbocycles. The highest BCUT2D eigenvalue weighted by molar-refractivity contribution is 4.80.